The van der Waals surface area contributed by atoms with Crippen LogP contribution in [0.3, 0.4) is 0 Å². The Kier molecular flexibility index (Phi) is 7.27. The third-order valence-electron chi connectivity index (χ3n) is 3.40. The molecule has 1 amide bonds. The zero-order valence-electron chi connectivity index (χ0n) is 13.9. The molecule has 1 heterocycles. The lowest BCUT2D eigenvalue weighted by Crippen LogP contribution is -2.26. The maximum atomic E-state index is 12.2. The summed E-state index contributed by atoms with van der Waals surface area (Å²) in [6.45, 7) is 1.14. The third-order valence-corrected chi connectivity index (χ3v) is 4.38. The van der Waals surface area contributed by atoms with Crippen molar-refractivity contribution in [3.63, 3.8) is 0 Å². The van der Waals surface area contributed by atoms with E-state index in [9.17, 15) is 4.79 Å². The molecule has 25 heavy (non-hydrogen) atoms. The maximum absolute atomic E-state index is 12.2. The first-order valence-corrected chi connectivity index (χ1v) is 8.77. The summed E-state index contributed by atoms with van der Waals surface area (Å²) >= 11 is 9.37. The number of benzene rings is 1. The van der Waals surface area contributed by atoms with Crippen molar-refractivity contribution in [3.8, 4) is 5.75 Å². The first-order chi connectivity index (χ1) is 12.1. The molecule has 1 aromatic heterocycles. The molecular weight excluding hydrogens is 410 g/mol. The van der Waals surface area contributed by atoms with Gasteiger partial charge in [0, 0.05) is 24.6 Å². The predicted octanol–water partition coefficient (Wildman–Crippen LogP) is 3.17. The molecule has 0 aliphatic carbocycles. The summed E-state index contributed by atoms with van der Waals surface area (Å²) in [4.78, 5) is 20.3. The Labute approximate surface area is 159 Å². The number of nitrogens with one attached hydrogen (secondary N) is 3. The van der Waals surface area contributed by atoms with Crippen LogP contribution in [-0.4, -0.2) is 43.1 Å². The van der Waals surface area contributed by atoms with Crippen LogP contribution in [0.5, 0.6) is 5.75 Å². The van der Waals surface area contributed by atoms with Gasteiger partial charge in [-0.25, -0.2) is 9.97 Å². The number of ether oxygens (including phenoxy) is 1. The Morgan fingerprint density at radius 2 is 2.12 bits per heavy atom. The normalized spacial score (nSPS) is 10.2. The van der Waals surface area contributed by atoms with Crippen LogP contribution < -0.4 is 20.7 Å². The molecule has 0 spiro atoms. The maximum Gasteiger partial charge on any atom is 0.252 e. The van der Waals surface area contributed by atoms with Crippen molar-refractivity contribution in [1.82, 2.24) is 15.3 Å². The van der Waals surface area contributed by atoms with Gasteiger partial charge in [0.05, 0.1) is 12.7 Å². The van der Waals surface area contributed by atoms with Gasteiger partial charge in [0.2, 0.25) is 0 Å². The van der Waals surface area contributed by atoms with Gasteiger partial charge in [0.1, 0.15) is 17.8 Å². The van der Waals surface area contributed by atoms with Crippen LogP contribution in [-0.2, 0) is 0 Å². The smallest absolute Gasteiger partial charge is 0.252 e. The summed E-state index contributed by atoms with van der Waals surface area (Å²) in [6, 6.07) is 5.27. The number of rotatable bonds is 8. The van der Waals surface area contributed by atoms with E-state index in [1.807, 2.05) is 0 Å². The number of carbonyl (C=O) groups is 1. The first-order valence-electron chi connectivity index (χ1n) is 7.60. The molecule has 0 saturated heterocycles. The summed E-state index contributed by atoms with van der Waals surface area (Å²) in [5.41, 5.74) is 1.18. The summed E-state index contributed by atoms with van der Waals surface area (Å²) < 4.78 is 5.86. The number of amides is 1. The zero-order valence-corrected chi connectivity index (χ0v) is 16.2. The van der Waals surface area contributed by atoms with Gasteiger partial charge < -0.3 is 20.7 Å². The van der Waals surface area contributed by atoms with E-state index in [2.05, 4.69) is 41.8 Å². The lowest BCUT2D eigenvalue weighted by atomic mass is 10.2. The second-order valence-corrected chi connectivity index (χ2v) is 6.23. The molecular formula is C16H19BrClN5O2. The molecule has 7 nitrogen and oxygen atoms in total. The van der Waals surface area contributed by atoms with Crippen molar-refractivity contribution < 1.29 is 9.53 Å². The largest absolute Gasteiger partial charge is 0.497 e. The van der Waals surface area contributed by atoms with Gasteiger partial charge in [-0.3, -0.25) is 4.79 Å². The highest BCUT2D eigenvalue weighted by Gasteiger charge is 2.11. The fraction of sp³-hybridized carbons (Fsp3) is 0.312. The molecule has 9 heteroatoms. The van der Waals surface area contributed by atoms with E-state index in [1.165, 1.54) is 6.33 Å². The average Bonchev–Trinajstić information content (AvgIpc) is 2.61. The van der Waals surface area contributed by atoms with Gasteiger partial charge >= 0.3 is 0 Å². The third kappa shape index (κ3) is 5.20. The van der Waals surface area contributed by atoms with E-state index >= 15 is 0 Å². The molecule has 134 valence electrons. The van der Waals surface area contributed by atoms with Gasteiger partial charge in [0.15, 0.2) is 11.0 Å². The molecule has 0 atom stereocenters. The minimum absolute atomic E-state index is 0.160. The number of anilines is 2. The Morgan fingerprint density at radius 3 is 2.84 bits per heavy atom. The Balaban J connectivity index is 1.82. The molecule has 2 rings (SSSR count). The minimum atomic E-state index is -0.160. The number of halogens is 2. The van der Waals surface area contributed by atoms with Crippen LogP contribution in [0.25, 0.3) is 0 Å². The van der Waals surface area contributed by atoms with Crippen molar-refractivity contribution in [2.24, 2.45) is 0 Å². The van der Waals surface area contributed by atoms with Crippen molar-refractivity contribution >= 4 is 44.9 Å². The number of methoxy groups -OCH3 is 1. The van der Waals surface area contributed by atoms with E-state index < -0.39 is 0 Å². The molecule has 0 aliphatic heterocycles. The van der Waals surface area contributed by atoms with Crippen molar-refractivity contribution in [2.75, 3.05) is 37.9 Å². The molecule has 0 bridgehead atoms. The van der Waals surface area contributed by atoms with Crippen molar-refractivity contribution in [1.29, 1.82) is 0 Å². The summed E-state index contributed by atoms with van der Waals surface area (Å²) in [6.07, 6.45) is 2.12. The van der Waals surface area contributed by atoms with Crippen LogP contribution >= 0.6 is 27.5 Å². The van der Waals surface area contributed by atoms with Gasteiger partial charge in [-0.2, -0.15) is 0 Å². The number of hydrogen-bond acceptors (Lipinski definition) is 6. The zero-order chi connectivity index (χ0) is 18.2. The van der Waals surface area contributed by atoms with Crippen LogP contribution in [0.2, 0.25) is 5.15 Å². The Morgan fingerprint density at radius 1 is 1.32 bits per heavy atom. The van der Waals surface area contributed by atoms with Crippen molar-refractivity contribution in [3.05, 3.63) is 39.7 Å². The van der Waals surface area contributed by atoms with E-state index in [0.29, 0.717) is 41.1 Å². The fourth-order valence-corrected chi connectivity index (χ4v) is 2.77. The SMILES string of the molecule is CNc1c(Cl)ncnc1NCCCNC(=O)c1cc(OC)ccc1Br. The van der Waals surface area contributed by atoms with Crippen LogP contribution in [0.15, 0.2) is 29.0 Å². The molecule has 3 N–H and O–H groups in total. The summed E-state index contributed by atoms with van der Waals surface area (Å²) in [5, 5.41) is 9.36. The number of carbonyl (C=O) groups excluding carboxylic acids is 1. The number of nitrogens with zero attached hydrogens (tertiary/aromatic N) is 2. The first kappa shape index (κ1) is 19.3. The number of hydrogen-bond donors (Lipinski definition) is 3. The fourth-order valence-electron chi connectivity index (χ4n) is 2.12. The highest BCUT2D eigenvalue weighted by atomic mass is 79.9. The Hall–Kier alpha value is -2.06. The second-order valence-electron chi connectivity index (χ2n) is 5.02. The van der Waals surface area contributed by atoms with Gasteiger partial charge in [-0.15, -0.1) is 0 Å². The Bertz CT molecular complexity index is 744. The number of aromatic nitrogens is 2. The van der Waals surface area contributed by atoms with E-state index in [-0.39, 0.29) is 5.91 Å². The lowest BCUT2D eigenvalue weighted by molar-refractivity contribution is 0.0952. The van der Waals surface area contributed by atoms with Gasteiger partial charge in [0.25, 0.3) is 5.91 Å². The van der Waals surface area contributed by atoms with Gasteiger partial charge in [-0.05, 0) is 40.5 Å². The van der Waals surface area contributed by atoms with E-state index in [0.717, 1.165) is 10.9 Å². The lowest BCUT2D eigenvalue weighted by Gasteiger charge is -2.12. The molecule has 0 fully saturated rings. The monoisotopic (exact) mass is 427 g/mol. The van der Waals surface area contributed by atoms with Crippen LogP contribution in [0, 0.1) is 0 Å². The quantitative estimate of drug-likeness (QED) is 0.442. The van der Waals surface area contributed by atoms with E-state index in [1.54, 1.807) is 32.4 Å². The molecule has 0 aliphatic rings. The van der Waals surface area contributed by atoms with E-state index in [4.69, 9.17) is 16.3 Å². The second kappa shape index (κ2) is 9.43. The molecule has 0 unspecified atom stereocenters. The van der Waals surface area contributed by atoms with Crippen LogP contribution in [0.4, 0.5) is 11.5 Å². The molecule has 0 saturated carbocycles. The standard InChI is InChI=1S/C16H19BrClN5O2/c1-19-13-14(18)22-9-23-15(13)20-6-3-7-21-16(24)11-8-10(25-2)4-5-12(11)17/h4-5,8-9,19H,3,6-7H2,1-2H3,(H,21,24)(H,20,22,23). The van der Waals surface area contributed by atoms with Crippen molar-refractivity contribution in [2.45, 2.75) is 6.42 Å². The highest BCUT2D eigenvalue weighted by Crippen LogP contribution is 2.25. The minimum Gasteiger partial charge on any atom is -0.497 e. The average molecular weight is 429 g/mol. The van der Waals surface area contributed by atoms with Crippen LogP contribution in [0.1, 0.15) is 16.8 Å². The summed E-state index contributed by atoms with van der Waals surface area (Å²) in [5.74, 6) is 1.10. The predicted molar refractivity (Wildman–Crippen MR) is 103 cm³/mol. The van der Waals surface area contributed by atoms with Gasteiger partial charge in [-0.1, -0.05) is 11.6 Å². The highest BCUT2D eigenvalue weighted by molar-refractivity contribution is 9.10. The molecule has 1 aromatic carbocycles. The molecule has 2 aromatic rings. The topological polar surface area (TPSA) is 88.2 Å². The summed E-state index contributed by atoms with van der Waals surface area (Å²) in [7, 11) is 3.32. The molecule has 0 radical (unpaired) electrons.